The van der Waals surface area contributed by atoms with Crippen LogP contribution in [0.5, 0.6) is 0 Å². The molecule has 2 N–H and O–H groups in total. The third kappa shape index (κ3) is 3.08. The molecule has 0 bridgehead atoms. The summed E-state index contributed by atoms with van der Waals surface area (Å²) >= 11 is 5.34. The van der Waals surface area contributed by atoms with Gasteiger partial charge in [-0.15, -0.1) is 11.3 Å². The van der Waals surface area contributed by atoms with Crippen LogP contribution in [0.3, 0.4) is 0 Å². The Morgan fingerprint density at radius 2 is 2.31 bits per heavy atom. The van der Waals surface area contributed by atoms with Gasteiger partial charge in [-0.1, -0.05) is 13.8 Å². The van der Waals surface area contributed by atoms with Crippen LogP contribution < -0.4 is 5.73 Å². The molecule has 0 aliphatic rings. The molecule has 0 saturated carbocycles. The summed E-state index contributed by atoms with van der Waals surface area (Å²) in [5, 5.41) is 2.11. The fraction of sp³-hybridized carbons (Fsp3) is 0.600. The Morgan fingerprint density at radius 3 is 2.77 bits per heavy atom. The number of thiophene rings is 1. The van der Waals surface area contributed by atoms with Crippen LogP contribution in [0.2, 0.25) is 0 Å². The number of hydrogen-bond acceptors (Lipinski definition) is 2. The lowest BCUT2D eigenvalue weighted by Crippen LogP contribution is -2.28. The van der Waals surface area contributed by atoms with Crippen molar-refractivity contribution in [3.8, 4) is 0 Å². The number of hydrogen-bond donors (Lipinski definition) is 1. The van der Waals surface area contributed by atoms with Crippen molar-refractivity contribution in [3.05, 3.63) is 20.8 Å². The topological polar surface area (TPSA) is 26.0 Å². The van der Waals surface area contributed by atoms with Crippen LogP contribution in [0.25, 0.3) is 0 Å². The van der Waals surface area contributed by atoms with Crippen LogP contribution >= 0.6 is 27.3 Å². The van der Waals surface area contributed by atoms with Crippen molar-refractivity contribution in [1.29, 1.82) is 0 Å². The molecule has 0 amide bonds. The quantitative estimate of drug-likeness (QED) is 0.883. The predicted octanol–water partition coefficient (Wildman–Crippen LogP) is 3.43. The summed E-state index contributed by atoms with van der Waals surface area (Å²) in [5.74, 6) is 0.569. The predicted molar refractivity (Wildman–Crippen MR) is 63.2 cm³/mol. The monoisotopic (exact) mass is 261 g/mol. The van der Waals surface area contributed by atoms with E-state index in [9.17, 15) is 0 Å². The highest BCUT2D eigenvalue weighted by atomic mass is 79.9. The summed E-state index contributed by atoms with van der Waals surface area (Å²) < 4.78 is 1.23. The zero-order chi connectivity index (χ0) is 9.84. The lowest BCUT2D eigenvalue weighted by Gasteiger charge is -2.17. The standard InChI is InChI=1S/C10H16BrNS/c1-3-9(12)7(2)6-10-8(11)4-5-13-10/h4-5,7,9H,3,6,12H2,1-2H3. The average molecular weight is 262 g/mol. The van der Waals surface area contributed by atoms with Gasteiger partial charge in [-0.3, -0.25) is 0 Å². The minimum atomic E-state index is 0.328. The lowest BCUT2D eigenvalue weighted by molar-refractivity contribution is 0.444. The van der Waals surface area contributed by atoms with Crippen molar-refractivity contribution in [2.75, 3.05) is 0 Å². The van der Waals surface area contributed by atoms with Gasteiger partial charge in [-0.25, -0.2) is 0 Å². The third-order valence-electron chi connectivity index (χ3n) is 2.40. The Bertz CT molecular complexity index is 259. The number of halogens is 1. The molecule has 1 heterocycles. The fourth-order valence-electron chi connectivity index (χ4n) is 1.32. The van der Waals surface area contributed by atoms with Gasteiger partial charge in [0.15, 0.2) is 0 Å². The Labute approximate surface area is 92.5 Å². The van der Waals surface area contributed by atoms with E-state index in [0.29, 0.717) is 12.0 Å². The molecule has 1 aromatic rings. The summed E-state index contributed by atoms with van der Waals surface area (Å²) in [6.07, 6.45) is 2.15. The van der Waals surface area contributed by atoms with Crippen LogP contribution in [0, 0.1) is 5.92 Å². The minimum absolute atomic E-state index is 0.328. The molecule has 74 valence electrons. The van der Waals surface area contributed by atoms with Gasteiger partial charge < -0.3 is 5.73 Å². The van der Waals surface area contributed by atoms with Gasteiger partial charge in [0.2, 0.25) is 0 Å². The number of nitrogens with two attached hydrogens (primary N) is 1. The van der Waals surface area contributed by atoms with E-state index in [0.717, 1.165) is 12.8 Å². The molecule has 0 fully saturated rings. The maximum atomic E-state index is 5.97. The zero-order valence-electron chi connectivity index (χ0n) is 8.09. The Kier molecular flexibility index (Phi) is 4.42. The SMILES string of the molecule is CCC(N)C(C)Cc1sccc1Br. The zero-order valence-corrected chi connectivity index (χ0v) is 10.5. The smallest absolute Gasteiger partial charge is 0.0314 e. The maximum Gasteiger partial charge on any atom is 0.0314 e. The molecule has 0 saturated heterocycles. The van der Waals surface area contributed by atoms with E-state index >= 15 is 0 Å². The number of rotatable bonds is 4. The van der Waals surface area contributed by atoms with Gasteiger partial charge in [0.05, 0.1) is 0 Å². The Hall–Kier alpha value is 0.140. The molecule has 1 nitrogen and oxygen atoms in total. The summed E-state index contributed by atoms with van der Waals surface area (Å²) in [4.78, 5) is 1.41. The molecular weight excluding hydrogens is 246 g/mol. The van der Waals surface area contributed by atoms with E-state index in [1.165, 1.54) is 9.35 Å². The summed E-state index contributed by atoms with van der Waals surface area (Å²) in [6.45, 7) is 4.37. The van der Waals surface area contributed by atoms with Crippen LogP contribution in [-0.4, -0.2) is 6.04 Å². The second-order valence-electron chi connectivity index (χ2n) is 3.45. The molecular formula is C10H16BrNS. The van der Waals surface area contributed by atoms with Crippen LogP contribution in [0.1, 0.15) is 25.1 Å². The first-order valence-corrected chi connectivity index (χ1v) is 6.29. The van der Waals surface area contributed by atoms with Gasteiger partial charge >= 0.3 is 0 Å². The molecule has 0 aromatic carbocycles. The van der Waals surface area contributed by atoms with Crippen molar-refractivity contribution in [1.82, 2.24) is 0 Å². The van der Waals surface area contributed by atoms with Crippen LogP contribution in [0.4, 0.5) is 0 Å². The minimum Gasteiger partial charge on any atom is -0.327 e. The van der Waals surface area contributed by atoms with E-state index in [-0.39, 0.29) is 0 Å². The molecule has 13 heavy (non-hydrogen) atoms. The fourth-order valence-corrected chi connectivity index (χ4v) is 2.97. The van der Waals surface area contributed by atoms with Gasteiger partial charge in [0.1, 0.15) is 0 Å². The molecule has 1 aromatic heterocycles. The first-order chi connectivity index (χ1) is 6.15. The highest BCUT2D eigenvalue weighted by molar-refractivity contribution is 9.10. The van der Waals surface area contributed by atoms with Gasteiger partial charge in [0.25, 0.3) is 0 Å². The molecule has 2 atom stereocenters. The van der Waals surface area contributed by atoms with Crippen LogP contribution in [0.15, 0.2) is 15.9 Å². The maximum absolute atomic E-state index is 5.97. The molecule has 0 aliphatic carbocycles. The Balaban J connectivity index is 2.54. The van der Waals surface area contributed by atoms with Crippen LogP contribution in [-0.2, 0) is 6.42 Å². The molecule has 3 heteroatoms. The normalized spacial score (nSPS) is 15.7. The van der Waals surface area contributed by atoms with Gasteiger partial charge in [0, 0.05) is 15.4 Å². The molecule has 0 aliphatic heterocycles. The highest BCUT2D eigenvalue weighted by Crippen LogP contribution is 2.26. The van der Waals surface area contributed by atoms with E-state index in [4.69, 9.17) is 5.73 Å². The van der Waals surface area contributed by atoms with Crippen molar-refractivity contribution < 1.29 is 0 Å². The van der Waals surface area contributed by atoms with Crippen molar-refractivity contribution in [2.45, 2.75) is 32.7 Å². The first kappa shape index (κ1) is 11.2. The van der Waals surface area contributed by atoms with E-state index < -0.39 is 0 Å². The molecule has 2 unspecified atom stereocenters. The summed E-state index contributed by atoms with van der Waals surface area (Å²) in [7, 11) is 0. The molecule has 0 radical (unpaired) electrons. The molecule has 0 spiro atoms. The highest BCUT2D eigenvalue weighted by Gasteiger charge is 2.13. The second-order valence-corrected chi connectivity index (χ2v) is 5.30. The van der Waals surface area contributed by atoms with E-state index in [1.54, 1.807) is 11.3 Å². The van der Waals surface area contributed by atoms with Crippen molar-refractivity contribution in [3.63, 3.8) is 0 Å². The summed E-state index contributed by atoms with van der Waals surface area (Å²) in [5.41, 5.74) is 5.97. The molecule has 1 rings (SSSR count). The first-order valence-electron chi connectivity index (χ1n) is 4.62. The van der Waals surface area contributed by atoms with Gasteiger partial charge in [-0.2, -0.15) is 0 Å². The average Bonchev–Trinajstić information content (AvgIpc) is 2.50. The van der Waals surface area contributed by atoms with Gasteiger partial charge in [-0.05, 0) is 46.1 Å². The van der Waals surface area contributed by atoms with E-state index in [1.807, 2.05) is 0 Å². The second kappa shape index (κ2) is 5.13. The van der Waals surface area contributed by atoms with E-state index in [2.05, 4.69) is 41.2 Å². The van der Waals surface area contributed by atoms with Crippen molar-refractivity contribution in [2.24, 2.45) is 11.7 Å². The van der Waals surface area contributed by atoms with Crippen molar-refractivity contribution >= 4 is 27.3 Å². The Morgan fingerprint density at radius 1 is 1.62 bits per heavy atom. The summed E-state index contributed by atoms with van der Waals surface area (Å²) in [6, 6.07) is 2.43. The largest absolute Gasteiger partial charge is 0.327 e. The third-order valence-corrected chi connectivity index (χ3v) is 4.35. The lowest BCUT2D eigenvalue weighted by atomic mass is 9.96.